The molecule has 1 heterocycles. The molecular formula is C25H17ClN2O2. The molecule has 146 valence electrons. The zero-order chi connectivity index (χ0) is 20.4. The van der Waals surface area contributed by atoms with E-state index in [1.807, 2.05) is 36.4 Å². The van der Waals surface area contributed by atoms with Crippen LogP contribution in [0.5, 0.6) is 0 Å². The summed E-state index contributed by atoms with van der Waals surface area (Å²) in [6.07, 6.45) is 1.53. The molecule has 5 heteroatoms. The van der Waals surface area contributed by atoms with Gasteiger partial charge in [0.25, 0.3) is 11.8 Å². The Labute approximate surface area is 178 Å². The predicted octanol–water partition coefficient (Wildman–Crippen LogP) is 4.57. The molecule has 0 aromatic heterocycles. The van der Waals surface area contributed by atoms with Gasteiger partial charge in [0.05, 0.1) is 18.1 Å². The molecule has 1 aliphatic heterocycles. The fourth-order valence-electron chi connectivity index (χ4n) is 5.49. The Hall–Kier alpha value is -3.24. The fourth-order valence-corrected chi connectivity index (χ4v) is 5.69. The normalized spacial score (nSPS) is 26.1. The summed E-state index contributed by atoms with van der Waals surface area (Å²) >= 11 is 6.04. The molecule has 1 fully saturated rings. The van der Waals surface area contributed by atoms with Crippen LogP contribution in [0, 0.1) is 11.8 Å². The fraction of sp³-hybridized carbons (Fsp3) is 0.160. The van der Waals surface area contributed by atoms with E-state index in [0.29, 0.717) is 5.02 Å². The minimum Gasteiger partial charge on any atom is -0.272 e. The highest BCUT2D eigenvalue weighted by molar-refractivity contribution is 6.30. The monoisotopic (exact) mass is 412 g/mol. The maximum atomic E-state index is 13.4. The first-order chi connectivity index (χ1) is 14.6. The molecule has 2 amide bonds. The lowest BCUT2D eigenvalue weighted by molar-refractivity contribution is -0.139. The maximum Gasteiger partial charge on any atom is 0.254 e. The molecule has 2 bridgehead atoms. The van der Waals surface area contributed by atoms with Crippen molar-refractivity contribution in [1.29, 1.82) is 0 Å². The van der Waals surface area contributed by atoms with E-state index < -0.39 is 11.8 Å². The number of rotatable bonds is 2. The molecule has 0 radical (unpaired) electrons. The van der Waals surface area contributed by atoms with E-state index in [1.54, 1.807) is 12.1 Å². The van der Waals surface area contributed by atoms with Gasteiger partial charge >= 0.3 is 0 Å². The summed E-state index contributed by atoms with van der Waals surface area (Å²) in [5, 5.41) is 5.95. The second kappa shape index (κ2) is 6.38. The van der Waals surface area contributed by atoms with Gasteiger partial charge in [-0.1, -0.05) is 72.3 Å². The third-order valence-electron chi connectivity index (χ3n) is 6.60. The van der Waals surface area contributed by atoms with Crippen molar-refractivity contribution >= 4 is 29.6 Å². The van der Waals surface area contributed by atoms with Crippen molar-refractivity contribution in [2.75, 3.05) is 0 Å². The smallest absolute Gasteiger partial charge is 0.254 e. The Morgan fingerprint density at radius 1 is 0.733 bits per heavy atom. The summed E-state index contributed by atoms with van der Waals surface area (Å²) in [4.78, 5) is 26.8. The first-order valence-corrected chi connectivity index (χ1v) is 10.4. The maximum absolute atomic E-state index is 13.4. The van der Waals surface area contributed by atoms with Crippen molar-refractivity contribution in [3.05, 3.63) is 106 Å². The molecule has 3 aromatic rings. The summed E-state index contributed by atoms with van der Waals surface area (Å²) in [5.41, 5.74) is 5.37. The lowest BCUT2D eigenvalue weighted by Gasteiger charge is -2.45. The van der Waals surface area contributed by atoms with Crippen LogP contribution < -0.4 is 0 Å². The van der Waals surface area contributed by atoms with Gasteiger partial charge in [0.15, 0.2) is 0 Å². The number of hydrogen-bond donors (Lipinski definition) is 0. The van der Waals surface area contributed by atoms with Crippen molar-refractivity contribution < 1.29 is 9.59 Å². The molecule has 4 aliphatic rings. The molecule has 1 saturated heterocycles. The van der Waals surface area contributed by atoms with Crippen LogP contribution in [0.4, 0.5) is 0 Å². The van der Waals surface area contributed by atoms with Crippen LogP contribution in [0.1, 0.15) is 39.7 Å². The molecule has 4 nitrogen and oxygen atoms in total. The zero-order valence-corrected chi connectivity index (χ0v) is 16.7. The third kappa shape index (κ3) is 2.31. The van der Waals surface area contributed by atoms with E-state index in [-0.39, 0.29) is 23.7 Å². The Morgan fingerprint density at radius 3 is 1.70 bits per heavy atom. The van der Waals surface area contributed by atoms with Gasteiger partial charge in [-0.05, 0) is 39.9 Å². The standard InChI is InChI=1S/C25H17ClN2O2/c26-15-7-5-6-14(12-15)13-27-28-24(29)22-20-16-8-1-2-9-17(16)21(23(22)25(28)30)19-11-4-3-10-18(19)20/h1-13,20-23H/b27-13-/t20?,21?,22-,23+. The van der Waals surface area contributed by atoms with Crippen molar-refractivity contribution in [3.8, 4) is 0 Å². The van der Waals surface area contributed by atoms with E-state index >= 15 is 0 Å². The van der Waals surface area contributed by atoms with Gasteiger partial charge in [0, 0.05) is 16.9 Å². The Bertz CT molecular complexity index is 1140. The topological polar surface area (TPSA) is 49.7 Å². The zero-order valence-electron chi connectivity index (χ0n) is 15.9. The largest absolute Gasteiger partial charge is 0.272 e. The van der Waals surface area contributed by atoms with Crippen molar-refractivity contribution in [2.24, 2.45) is 16.9 Å². The highest BCUT2D eigenvalue weighted by Crippen LogP contribution is 2.60. The van der Waals surface area contributed by atoms with Crippen molar-refractivity contribution in [2.45, 2.75) is 11.8 Å². The Balaban J connectivity index is 1.46. The predicted molar refractivity (Wildman–Crippen MR) is 114 cm³/mol. The quantitative estimate of drug-likeness (QED) is 0.457. The number of carbonyl (C=O) groups is 2. The number of benzene rings is 3. The second-order valence-electron chi connectivity index (χ2n) is 8.05. The molecule has 0 saturated carbocycles. The number of nitrogens with zero attached hydrogens (tertiary/aromatic N) is 2. The summed E-state index contributed by atoms with van der Waals surface area (Å²) in [6.45, 7) is 0. The summed E-state index contributed by atoms with van der Waals surface area (Å²) < 4.78 is 0. The Morgan fingerprint density at radius 2 is 1.23 bits per heavy atom. The van der Waals surface area contributed by atoms with E-state index in [2.05, 4.69) is 29.4 Å². The third-order valence-corrected chi connectivity index (χ3v) is 6.83. The van der Waals surface area contributed by atoms with Gasteiger partial charge in [-0.25, -0.2) is 0 Å². The number of carbonyl (C=O) groups excluding carboxylic acids is 2. The molecular weight excluding hydrogens is 396 g/mol. The first-order valence-electron chi connectivity index (χ1n) is 10.00. The van der Waals surface area contributed by atoms with Crippen LogP contribution in [-0.2, 0) is 9.59 Å². The summed E-state index contributed by atoms with van der Waals surface area (Å²) in [5.74, 6) is -1.50. The van der Waals surface area contributed by atoms with E-state index in [0.717, 1.165) is 32.8 Å². The minimum absolute atomic E-state index is 0.116. The summed E-state index contributed by atoms with van der Waals surface area (Å²) in [7, 11) is 0. The highest BCUT2D eigenvalue weighted by atomic mass is 35.5. The number of hydrogen-bond acceptors (Lipinski definition) is 3. The van der Waals surface area contributed by atoms with Crippen LogP contribution in [0.3, 0.4) is 0 Å². The van der Waals surface area contributed by atoms with Crippen molar-refractivity contribution in [1.82, 2.24) is 5.01 Å². The van der Waals surface area contributed by atoms with E-state index in [1.165, 1.54) is 6.21 Å². The molecule has 0 spiro atoms. The number of hydrazone groups is 1. The second-order valence-corrected chi connectivity index (χ2v) is 8.49. The van der Waals surface area contributed by atoms with Gasteiger partial charge in [-0.15, -0.1) is 0 Å². The van der Waals surface area contributed by atoms with Crippen LogP contribution in [0.15, 0.2) is 77.9 Å². The lowest BCUT2D eigenvalue weighted by atomic mass is 9.55. The van der Waals surface area contributed by atoms with Crippen LogP contribution in [-0.4, -0.2) is 23.0 Å². The van der Waals surface area contributed by atoms with Gasteiger partial charge in [0.1, 0.15) is 0 Å². The number of imide groups is 1. The van der Waals surface area contributed by atoms with E-state index in [9.17, 15) is 9.59 Å². The molecule has 3 aromatic carbocycles. The number of halogens is 1. The molecule has 2 atom stereocenters. The van der Waals surface area contributed by atoms with Gasteiger partial charge < -0.3 is 0 Å². The Kier molecular flexibility index (Phi) is 3.74. The number of amides is 2. The first kappa shape index (κ1) is 17.6. The average molecular weight is 413 g/mol. The average Bonchev–Trinajstić information content (AvgIpc) is 3.03. The molecule has 7 rings (SSSR count). The minimum atomic E-state index is -0.413. The van der Waals surface area contributed by atoms with Gasteiger partial charge in [-0.2, -0.15) is 10.1 Å². The van der Waals surface area contributed by atoms with Crippen LogP contribution in [0.2, 0.25) is 5.02 Å². The van der Waals surface area contributed by atoms with Gasteiger partial charge in [-0.3, -0.25) is 9.59 Å². The van der Waals surface area contributed by atoms with Gasteiger partial charge in [0.2, 0.25) is 0 Å². The lowest BCUT2D eigenvalue weighted by Crippen LogP contribution is -2.41. The van der Waals surface area contributed by atoms with Crippen LogP contribution in [0.25, 0.3) is 0 Å². The molecule has 0 N–H and O–H groups in total. The molecule has 0 unspecified atom stereocenters. The highest BCUT2D eigenvalue weighted by Gasteiger charge is 2.61. The molecule has 30 heavy (non-hydrogen) atoms. The van der Waals surface area contributed by atoms with Crippen molar-refractivity contribution in [3.63, 3.8) is 0 Å². The molecule has 3 aliphatic carbocycles. The van der Waals surface area contributed by atoms with E-state index in [4.69, 9.17) is 11.6 Å². The SMILES string of the molecule is O=C1[C@@H]2C3c4ccccc4C(c4ccccc43)[C@@H]2C(=O)N1/N=C\c1cccc(Cl)c1. The summed E-state index contributed by atoms with van der Waals surface area (Å²) in [6, 6.07) is 23.6. The van der Waals surface area contributed by atoms with Crippen LogP contribution >= 0.6 is 11.6 Å².